The van der Waals surface area contributed by atoms with Crippen LogP contribution in [-0.4, -0.2) is 47.8 Å². The van der Waals surface area contributed by atoms with Crippen molar-refractivity contribution in [2.24, 2.45) is 0 Å². The Kier molecular flexibility index (Phi) is 4.53. The Morgan fingerprint density at radius 2 is 2.53 bits per heavy atom. The Hall–Kier alpha value is -1.12. The molecule has 5 heteroatoms. The Morgan fingerprint density at radius 1 is 1.80 bits per heavy atom. The van der Waals surface area contributed by atoms with Crippen LogP contribution in [0.15, 0.2) is 0 Å². The van der Waals surface area contributed by atoms with Crippen LogP contribution in [-0.2, 0) is 9.53 Å². The molecule has 2 unspecified atom stereocenters. The van der Waals surface area contributed by atoms with E-state index in [1.54, 1.807) is 11.8 Å². The van der Waals surface area contributed by atoms with Crippen LogP contribution in [0.4, 0.5) is 0 Å². The highest BCUT2D eigenvalue weighted by atomic mass is 16.5. The lowest BCUT2D eigenvalue weighted by Crippen LogP contribution is -2.45. The average Bonchev–Trinajstić information content (AvgIpc) is 2.26. The van der Waals surface area contributed by atoms with E-state index in [1.807, 2.05) is 6.07 Å². The second kappa shape index (κ2) is 5.69. The van der Waals surface area contributed by atoms with Gasteiger partial charge in [-0.1, -0.05) is 0 Å². The molecule has 0 aromatic carbocycles. The molecule has 1 amide bonds. The summed E-state index contributed by atoms with van der Waals surface area (Å²) in [6.45, 7) is 2.95. The van der Waals surface area contributed by atoms with E-state index in [1.165, 1.54) is 0 Å². The summed E-state index contributed by atoms with van der Waals surface area (Å²) in [5, 5.41) is 17.7. The van der Waals surface area contributed by atoms with Crippen LogP contribution in [0.25, 0.3) is 0 Å². The molecule has 0 radical (unpaired) electrons. The predicted octanol–water partition coefficient (Wildman–Crippen LogP) is -0.102. The van der Waals surface area contributed by atoms with Crippen molar-refractivity contribution in [2.75, 3.05) is 19.7 Å². The fraction of sp³-hybridized carbons (Fsp3) is 0.800. The summed E-state index contributed by atoms with van der Waals surface area (Å²) >= 11 is 0. The van der Waals surface area contributed by atoms with Crippen molar-refractivity contribution in [2.45, 2.75) is 32.0 Å². The third-order valence-corrected chi connectivity index (χ3v) is 2.34. The van der Waals surface area contributed by atoms with Crippen molar-refractivity contribution in [3.63, 3.8) is 0 Å². The molecule has 0 aromatic heterocycles. The third-order valence-electron chi connectivity index (χ3n) is 2.34. The molecule has 0 aromatic rings. The number of nitrogens with zero attached hydrogens (tertiary/aromatic N) is 2. The summed E-state index contributed by atoms with van der Waals surface area (Å²) < 4.78 is 5.13. The van der Waals surface area contributed by atoms with Crippen molar-refractivity contribution in [1.29, 1.82) is 5.26 Å². The maximum atomic E-state index is 11.6. The van der Waals surface area contributed by atoms with Gasteiger partial charge >= 0.3 is 0 Å². The first kappa shape index (κ1) is 12.0. The first-order chi connectivity index (χ1) is 7.13. The van der Waals surface area contributed by atoms with Gasteiger partial charge in [-0.15, -0.1) is 0 Å². The van der Waals surface area contributed by atoms with Gasteiger partial charge in [0.1, 0.15) is 0 Å². The minimum atomic E-state index is -0.505. The van der Waals surface area contributed by atoms with Gasteiger partial charge in [0.2, 0.25) is 5.91 Å². The van der Waals surface area contributed by atoms with Crippen LogP contribution in [0.5, 0.6) is 0 Å². The lowest BCUT2D eigenvalue weighted by atomic mass is 10.2. The van der Waals surface area contributed by atoms with Gasteiger partial charge in [0.25, 0.3) is 0 Å². The lowest BCUT2D eigenvalue weighted by Gasteiger charge is -2.29. The molecular weight excluding hydrogens is 196 g/mol. The molecule has 1 aliphatic heterocycles. The maximum absolute atomic E-state index is 11.6. The number of aliphatic hydroxyl groups excluding tert-OH is 1. The molecule has 84 valence electrons. The molecule has 0 aliphatic carbocycles. The van der Waals surface area contributed by atoms with E-state index in [0.29, 0.717) is 32.5 Å². The SMILES string of the molecule is CC(O)CCC(=O)N1CCOC(C#N)C1. The lowest BCUT2D eigenvalue weighted by molar-refractivity contribution is -0.137. The van der Waals surface area contributed by atoms with Crippen molar-refractivity contribution >= 4 is 5.91 Å². The zero-order valence-electron chi connectivity index (χ0n) is 8.85. The van der Waals surface area contributed by atoms with E-state index in [4.69, 9.17) is 15.1 Å². The summed E-state index contributed by atoms with van der Waals surface area (Å²) in [5.41, 5.74) is 0. The van der Waals surface area contributed by atoms with Crippen LogP contribution < -0.4 is 0 Å². The van der Waals surface area contributed by atoms with E-state index in [9.17, 15) is 4.79 Å². The molecule has 1 heterocycles. The minimum absolute atomic E-state index is 0.0144. The van der Waals surface area contributed by atoms with E-state index in [-0.39, 0.29) is 5.91 Å². The van der Waals surface area contributed by atoms with E-state index in [2.05, 4.69) is 0 Å². The summed E-state index contributed by atoms with van der Waals surface area (Å²) in [4.78, 5) is 13.2. The van der Waals surface area contributed by atoms with Crippen molar-refractivity contribution in [1.82, 2.24) is 4.90 Å². The average molecular weight is 212 g/mol. The van der Waals surface area contributed by atoms with Crippen LogP contribution >= 0.6 is 0 Å². The van der Waals surface area contributed by atoms with E-state index in [0.717, 1.165) is 0 Å². The van der Waals surface area contributed by atoms with Crippen LogP contribution in [0.1, 0.15) is 19.8 Å². The third kappa shape index (κ3) is 3.86. The second-order valence-electron chi connectivity index (χ2n) is 3.72. The number of amides is 1. The molecule has 0 saturated carbocycles. The number of hydrogen-bond donors (Lipinski definition) is 1. The largest absolute Gasteiger partial charge is 0.393 e. The molecule has 1 fully saturated rings. The van der Waals surface area contributed by atoms with Crippen molar-refractivity contribution in [3.8, 4) is 6.07 Å². The van der Waals surface area contributed by atoms with Gasteiger partial charge in [-0.3, -0.25) is 4.79 Å². The molecule has 1 aliphatic rings. The topological polar surface area (TPSA) is 73.6 Å². The second-order valence-corrected chi connectivity index (χ2v) is 3.72. The molecule has 5 nitrogen and oxygen atoms in total. The maximum Gasteiger partial charge on any atom is 0.222 e. The molecule has 0 bridgehead atoms. The number of carbonyl (C=O) groups excluding carboxylic acids is 1. The van der Waals surface area contributed by atoms with E-state index >= 15 is 0 Å². The molecule has 2 atom stereocenters. The highest BCUT2D eigenvalue weighted by Gasteiger charge is 2.23. The van der Waals surface area contributed by atoms with Gasteiger partial charge in [-0.2, -0.15) is 5.26 Å². The van der Waals surface area contributed by atoms with E-state index < -0.39 is 12.2 Å². The van der Waals surface area contributed by atoms with Gasteiger partial charge in [0.15, 0.2) is 6.10 Å². The molecule has 1 saturated heterocycles. The van der Waals surface area contributed by atoms with Gasteiger partial charge < -0.3 is 14.7 Å². The van der Waals surface area contributed by atoms with Gasteiger partial charge in [-0.25, -0.2) is 0 Å². The molecule has 15 heavy (non-hydrogen) atoms. The monoisotopic (exact) mass is 212 g/mol. The predicted molar refractivity (Wildman–Crippen MR) is 52.8 cm³/mol. The number of ether oxygens (including phenoxy) is 1. The van der Waals surface area contributed by atoms with Crippen LogP contribution in [0, 0.1) is 11.3 Å². The number of carbonyl (C=O) groups is 1. The minimum Gasteiger partial charge on any atom is -0.393 e. The quantitative estimate of drug-likeness (QED) is 0.709. The Morgan fingerprint density at radius 3 is 3.13 bits per heavy atom. The fourth-order valence-corrected chi connectivity index (χ4v) is 1.44. The molecule has 1 rings (SSSR count). The number of aliphatic hydroxyl groups is 1. The summed E-state index contributed by atoms with van der Waals surface area (Å²) in [6.07, 6.45) is -0.167. The smallest absolute Gasteiger partial charge is 0.222 e. The summed E-state index contributed by atoms with van der Waals surface area (Å²) in [5.74, 6) is -0.0144. The van der Waals surface area contributed by atoms with Crippen molar-refractivity contribution in [3.05, 3.63) is 0 Å². The summed E-state index contributed by atoms with van der Waals surface area (Å²) in [6, 6.07) is 1.99. The molecule has 1 N–H and O–H groups in total. The first-order valence-corrected chi connectivity index (χ1v) is 5.10. The first-order valence-electron chi connectivity index (χ1n) is 5.10. The Balaban J connectivity index is 2.36. The number of nitriles is 1. The van der Waals surface area contributed by atoms with Gasteiger partial charge in [0.05, 0.1) is 25.3 Å². The Labute approximate surface area is 89.2 Å². The zero-order valence-corrected chi connectivity index (χ0v) is 8.85. The highest BCUT2D eigenvalue weighted by Crippen LogP contribution is 2.08. The summed E-state index contributed by atoms with van der Waals surface area (Å²) in [7, 11) is 0. The zero-order chi connectivity index (χ0) is 11.3. The van der Waals surface area contributed by atoms with Crippen LogP contribution in [0.3, 0.4) is 0 Å². The highest BCUT2D eigenvalue weighted by molar-refractivity contribution is 5.76. The number of morpholine rings is 1. The normalized spacial score (nSPS) is 23.3. The van der Waals surface area contributed by atoms with Crippen molar-refractivity contribution < 1.29 is 14.6 Å². The number of hydrogen-bond acceptors (Lipinski definition) is 4. The van der Waals surface area contributed by atoms with Gasteiger partial charge in [0, 0.05) is 13.0 Å². The molecular formula is C10H16N2O3. The molecule has 0 spiro atoms. The van der Waals surface area contributed by atoms with Gasteiger partial charge in [-0.05, 0) is 13.3 Å². The standard InChI is InChI=1S/C10H16N2O3/c1-8(13)2-3-10(14)12-4-5-15-9(6-11)7-12/h8-9,13H,2-5,7H2,1H3. The Bertz CT molecular complexity index is 260. The van der Waals surface area contributed by atoms with Crippen LogP contribution in [0.2, 0.25) is 0 Å². The fourth-order valence-electron chi connectivity index (χ4n) is 1.44. The number of rotatable bonds is 3.